The molecule has 8 nitrogen and oxygen atoms in total. The molecule has 0 spiro atoms. The van der Waals surface area contributed by atoms with Crippen molar-refractivity contribution in [3.05, 3.63) is 34.7 Å². The Kier molecular flexibility index (Phi) is 5.03. The maximum atomic E-state index is 12.7. The van der Waals surface area contributed by atoms with Crippen LogP contribution < -0.4 is 5.56 Å². The molecule has 2 aromatic rings. The molecule has 2 aromatic heterocycles. The summed E-state index contributed by atoms with van der Waals surface area (Å²) < 4.78 is 8.85. The lowest BCUT2D eigenvalue weighted by molar-refractivity contribution is -0.0432. The molecular weight excluding hydrogens is 324 g/mol. The first kappa shape index (κ1) is 17.8. The van der Waals surface area contributed by atoms with Crippen molar-refractivity contribution in [3.8, 4) is 0 Å². The molecular formula is C17H24N4O4. The molecule has 1 aliphatic heterocycles. The summed E-state index contributed by atoms with van der Waals surface area (Å²) in [6.45, 7) is 5.75. The number of imidazole rings is 1. The number of hydrogen-bond donors (Lipinski definition) is 2. The predicted octanol–water partition coefficient (Wildman–Crippen LogP) is 1.15. The Morgan fingerprint density at radius 3 is 2.84 bits per heavy atom. The third kappa shape index (κ3) is 3.37. The van der Waals surface area contributed by atoms with Gasteiger partial charge in [0.2, 0.25) is 0 Å². The molecule has 3 rings (SSSR count). The van der Waals surface area contributed by atoms with Crippen LogP contribution in [-0.2, 0) is 4.74 Å². The van der Waals surface area contributed by atoms with Crippen molar-refractivity contribution in [1.82, 2.24) is 19.1 Å². The maximum absolute atomic E-state index is 12.7. The third-order valence-electron chi connectivity index (χ3n) is 4.55. The van der Waals surface area contributed by atoms with Crippen LogP contribution in [0.25, 0.3) is 11.2 Å². The van der Waals surface area contributed by atoms with Gasteiger partial charge in [-0.1, -0.05) is 11.6 Å². The van der Waals surface area contributed by atoms with E-state index < -0.39 is 18.4 Å². The van der Waals surface area contributed by atoms with E-state index in [1.165, 1.54) is 18.2 Å². The van der Waals surface area contributed by atoms with E-state index in [-0.39, 0.29) is 23.7 Å². The number of fused-ring (bicyclic) bond motifs is 1. The number of nitrogens with zero attached hydrogens (tertiary/aromatic N) is 4. The van der Waals surface area contributed by atoms with Crippen LogP contribution in [0.1, 0.15) is 45.9 Å². The maximum Gasteiger partial charge on any atom is 0.281 e. The zero-order valence-corrected chi connectivity index (χ0v) is 14.7. The molecule has 0 amide bonds. The van der Waals surface area contributed by atoms with Gasteiger partial charge < -0.3 is 14.9 Å². The number of hydrogen-bond acceptors (Lipinski definition) is 6. The largest absolute Gasteiger partial charge is 0.394 e. The number of rotatable bonds is 5. The van der Waals surface area contributed by atoms with E-state index in [0.717, 1.165) is 6.42 Å². The summed E-state index contributed by atoms with van der Waals surface area (Å²) in [5.74, 6) is 0. The van der Waals surface area contributed by atoms with Gasteiger partial charge in [0.05, 0.1) is 19.0 Å². The Bertz CT molecular complexity index is 837. The zero-order chi connectivity index (χ0) is 18.1. The third-order valence-corrected chi connectivity index (χ3v) is 4.55. The van der Waals surface area contributed by atoms with Crippen molar-refractivity contribution in [3.63, 3.8) is 0 Å². The van der Waals surface area contributed by atoms with E-state index in [4.69, 9.17) is 4.74 Å². The fourth-order valence-corrected chi connectivity index (χ4v) is 3.02. The number of allylic oxidation sites excluding steroid dienone is 2. The van der Waals surface area contributed by atoms with Crippen molar-refractivity contribution < 1.29 is 14.9 Å². The first-order valence-corrected chi connectivity index (χ1v) is 8.43. The molecule has 25 heavy (non-hydrogen) atoms. The van der Waals surface area contributed by atoms with Crippen molar-refractivity contribution in [2.75, 3.05) is 6.61 Å². The van der Waals surface area contributed by atoms with E-state index >= 15 is 0 Å². The lowest BCUT2D eigenvalue weighted by Gasteiger charge is -2.15. The van der Waals surface area contributed by atoms with Crippen LogP contribution in [0.4, 0.5) is 0 Å². The molecule has 136 valence electrons. The molecule has 2 unspecified atom stereocenters. The lowest BCUT2D eigenvalue weighted by atomic mass is 10.2. The normalized spacial score (nSPS) is 24.6. The molecule has 2 N–H and O–H groups in total. The summed E-state index contributed by atoms with van der Waals surface area (Å²) in [4.78, 5) is 21.3. The Morgan fingerprint density at radius 2 is 2.20 bits per heavy atom. The van der Waals surface area contributed by atoms with Crippen LogP contribution in [0.15, 0.2) is 29.1 Å². The molecule has 0 bridgehead atoms. The minimum atomic E-state index is -0.753. The van der Waals surface area contributed by atoms with Crippen molar-refractivity contribution in [1.29, 1.82) is 0 Å². The number of aliphatic hydroxyl groups is 2. The van der Waals surface area contributed by atoms with Crippen molar-refractivity contribution >= 4 is 11.2 Å². The average molecular weight is 348 g/mol. The van der Waals surface area contributed by atoms with Gasteiger partial charge in [-0.05, 0) is 27.2 Å². The fourth-order valence-electron chi connectivity index (χ4n) is 3.02. The highest BCUT2D eigenvalue weighted by Crippen LogP contribution is 2.30. The quantitative estimate of drug-likeness (QED) is 0.786. The Balaban J connectivity index is 1.92. The first-order chi connectivity index (χ1) is 11.9. The van der Waals surface area contributed by atoms with Gasteiger partial charge in [0.1, 0.15) is 18.7 Å². The molecule has 1 saturated heterocycles. The van der Waals surface area contributed by atoms with E-state index in [1.54, 1.807) is 9.13 Å². The molecule has 4 atom stereocenters. The van der Waals surface area contributed by atoms with E-state index in [9.17, 15) is 15.0 Å². The summed E-state index contributed by atoms with van der Waals surface area (Å²) in [6.07, 6.45) is 4.29. The molecule has 0 radical (unpaired) electrons. The standard InChI is InChI=1S/C17H24N4O4/c1-10(2)4-5-11(3)20-9-19-16-15(17(20)24)18-8-21(16)14-6-12(23)13(7-22)25-14/h4,8-9,11-14,22-23H,5-7H2,1-3H3/t11?,12?,13-,14-/m1/s1. The van der Waals surface area contributed by atoms with Crippen LogP contribution in [0.5, 0.6) is 0 Å². The number of aliphatic hydroxyl groups excluding tert-OH is 2. The fraction of sp³-hybridized carbons (Fsp3) is 0.588. The summed E-state index contributed by atoms with van der Waals surface area (Å²) in [5, 5.41) is 19.1. The van der Waals surface area contributed by atoms with Crippen molar-refractivity contribution in [2.24, 2.45) is 0 Å². The van der Waals surface area contributed by atoms with E-state index in [0.29, 0.717) is 12.1 Å². The summed E-state index contributed by atoms with van der Waals surface area (Å²) in [7, 11) is 0. The van der Waals surface area contributed by atoms with Crippen LogP contribution >= 0.6 is 0 Å². The highest BCUT2D eigenvalue weighted by Gasteiger charge is 2.35. The Morgan fingerprint density at radius 1 is 1.44 bits per heavy atom. The second-order valence-corrected chi connectivity index (χ2v) is 6.76. The van der Waals surface area contributed by atoms with Crippen LogP contribution in [0.3, 0.4) is 0 Å². The van der Waals surface area contributed by atoms with Crippen molar-refractivity contribution in [2.45, 2.75) is 58.1 Å². The van der Waals surface area contributed by atoms with Gasteiger partial charge in [-0.3, -0.25) is 13.9 Å². The van der Waals surface area contributed by atoms with Gasteiger partial charge in [0.15, 0.2) is 11.2 Å². The summed E-state index contributed by atoms with van der Waals surface area (Å²) in [5.41, 5.74) is 1.70. The van der Waals surface area contributed by atoms with Gasteiger partial charge in [0.25, 0.3) is 5.56 Å². The van der Waals surface area contributed by atoms with E-state index in [1.807, 2.05) is 20.8 Å². The topological polar surface area (TPSA) is 102 Å². The van der Waals surface area contributed by atoms with Gasteiger partial charge in [-0.15, -0.1) is 0 Å². The molecule has 0 aromatic carbocycles. The van der Waals surface area contributed by atoms with Crippen LogP contribution in [0, 0.1) is 0 Å². The summed E-state index contributed by atoms with van der Waals surface area (Å²) >= 11 is 0. The summed E-state index contributed by atoms with van der Waals surface area (Å²) in [6, 6.07) is -0.0206. The van der Waals surface area contributed by atoms with Crippen LogP contribution in [-0.4, -0.2) is 48.1 Å². The number of aromatic nitrogens is 4. The molecule has 1 fully saturated rings. The molecule has 0 saturated carbocycles. The smallest absolute Gasteiger partial charge is 0.281 e. The molecule has 3 heterocycles. The molecule has 1 aliphatic rings. The minimum Gasteiger partial charge on any atom is -0.394 e. The minimum absolute atomic E-state index is 0.0206. The highest BCUT2D eigenvalue weighted by atomic mass is 16.5. The van der Waals surface area contributed by atoms with E-state index in [2.05, 4.69) is 16.0 Å². The Hall–Kier alpha value is -2.03. The lowest BCUT2D eigenvalue weighted by Crippen LogP contribution is -2.24. The highest BCUT2D eigenvalue weighted by molar-refractivity contribution is 5.69. The zero-order valence-electron chi connectivity index (χ0n) is 14.7. The second-order valence-electron chi connectivity index (χ2n) is 6.76. The Labute approximate surface area is 145 Å². The first-order valence-electron chi connectivity index (χ1n) is 8.43. The SMILES string of the molecule is CC(C)=CCC(C)n1cnc2c(ncn2[C@H]2CC(O)[C@@H](CO)O2)c1=O. The van der Waals surface area contributed by atoms with Gasteiger partial charge >= 0.3 is 0 Å². The average Bonchev–Trinajstić information content (AvgIpc) is 3.16. The molecule has 8 heteroatoms. The monoisotopic (exact) mass is 348 g/mol. The number of ether oxygens (including phenoxy) is 1. The molecule has 0 aliphatic carbocycles. The van der Waals surface area contributed by atoms with Gasteiger partial charge in [-0.25, -0.2) is 9.97 Å². The van der Waals surface area contributed by atoms with Crippen LogP contribution in [0.2, 0.25) is 0 Å². The van der Waals surface area contributed by atoms with Gasteiger partial charge in [-0.2, -0.15) is 0 Å². The second kappa shape index (κ2) is 7.07. The predicted molar refractivity (Wildman–Crippen MR) is 92.2 cm³/mol. The van der Waals surface area contributed by atoms with Gasteiger partial charge in [0, 0.05) is 12.5 Å².